The summed E-state index contributed by atoms with van der Waals surface area (Å²) in [6, 6.07) is 0. The molecule has 16 heavy (non-hydrogen) atoms. The first kappa shape index (κ1) is 12.2. The van der Waals surface area contributed by atoms with Gasteiger partial charge in [0.2, 0.25) is 0 Å². The van der Waals surface area contributed by atoms with E-state index < -0.39 is 0 Å². The largest absolute Gasteiger partial charge is 0.393 e. The highest BCUT2D eigenvalue weighted by Crippen LogP contribution is 2.52. The van der Waals surface area contributed by atoms with Crippen LogP contribution in [0, 0.1) is 35.5 Å². The maximum absolute atomic E-state index is 10.4. The molecule has 0 aromatic carbocycles. The van der Waals surface area contributed by atoms with E-state index in [-0.39, 0.29) is 6.10 Å². The van der Waals surface area contributed by atoms with E-state index in [2.05, 4.69) is 39.8 Å². The van der Waals surface area contributed by atoms with Gasteiger partial charge in [-0.1, -0.05) is 39.8 Å². The van der Waals surface area contributed by atoms with Crippen LogP contribution in [-0.2, 0) is 0 Å². The Bertz CT molecular complexity index is 267. The average molecular weight is 222 g/mol. The minimum atomic E-state index is -0.0904. The molecule has 2 aliphatic rings. The SMILES string of the molecule is CC(C)C[C@H](O)[C@@H]1[C@@H](C(C)C)[C@@H]2C=C[C@H]1C2. The van der Waals surface area contributed by atoms with Crippen molar-refractivity contribution >= 4 is 0 Å². The van der Waals surface area contributed by atoms with E-state index in [9.17, 15) is 5.11 Å². The summed E-state index contributed by atoms with van der Waals surface area (Å²) in [7, 11) is 0. The molecular formula is C15H26O. The van der Waals surface area contributed by atoms with Crippen LogP contribution in [0.3, 0.4) is 0 Å². The summed E-state index contributed by atoms with van der Waals surface area (Å²) in [5, 5.41) is 10.4. The van der Waals surface area contributed by atoms with Crippen molar-refractivity contribution in [2.45, 2.75) is 46.6 Å². The predicted molar refractivity (Wildman–Crippen MR) is 68.0 cm³/mol. The molecule has 2 aliphatic carbocycles. The molecule has 1 N–H and O–H groups in total. The van der Waals surface area contributed by atoms with E-state index in [0.29, 0.717) is 29.6 Å². The highest BCUT2D eigenvalue weighted by atomic mass is 16.3. The third-order valence-electron chi connectivity index (χ3n) is 4.51. The third-order valence-corrected chi connectivity index (χ3v) is 4.51. The van der Waals surface area contributed by atoms with E-state index >= 15 is 0 Å². The number of hydrogen-bond acceptors (Lipinski definition) is 1. The maximum atomic E-state index is 10.4. The van der Waals surface area contributed by atoms with Gasteiger partial charge in [0.25, 0.3) is 0 Å². The van der Waals surface area contributed by atoms with Gasteiger partial charge < -0.3 is 5.11 Å². The van der Waals surface area contributed by atoms with E-state index in [1.54, 1.807) is 0 Å². The summed E-state index contributed by atoms with van der Waals surface area (Å²) >= 11 is 0. The molecule has 0 aromatic rings. The third kappa shape index (κ3) is 2.07. The fourth-order valence-corrected chi connectivity index (χ4v) is 4.02. The summed E-state index contributed by atoms with van der Waals surface area (Å²) in [5.41, 5.74) is 0. The van der Waals surface area contributed by atoms with Crippen LogP contribution in [0.5, 0.6) is 0 Å². The van der Waals surface area contributed by atoms with E-state index in [1.807, 2.05) is 0 Å². The summed E-state index contributed by atoms with van der Waals surface area (Å²) in [5.74, 6) is 3.95. The van der Waals surface area contributed by atoms with E-state index in [4.69, 9.17) is 0 Å². The first-order valence-electron chi connectivity index (χ1n) is 6.87. The standard InChI is InChI=1S/C15H26O/c1-9(2)7-13(16)15-12-6-5-11(8-12)14(15)10(3)4/h5-6,9-16H,7-8H2,1-4H3/t11-,12+,13+,14+,15-/m1/s1. The van der Waals surface area contributed by atoms with Gasteiger partial charge in [-0.3, -0.25) is 0 Å². The second-order valence-electron chi connectivity index (χ2n) is 6.54. The lowest BCUT2D eigenvalue weighted by molar-refractivity contribution is 0.0340. The predicted octanol–water partition coefficient (Wildman–Crippen LogP) is 3.49. The van der Waals surface area contributed by atoms with Gasteiger partial charge in [0.15, 0.2) is 0 Å². The lowest BCUT2D eigenvalue weighted by atomic mass is 9.72. The van der Waals surface area contributed by atoms with Gasteiger partial charge in [-0.05, 0) is 48.3 Å². The zero-order chi connectivity index (χ0) is 11.9. The van der Waals surface area contributed by atoms with Crippen LogP contribution in [0.2, 0.25) is 0 Å². The molecule has 1 fully saturated rings. The summed E-state index contributed by atoms with van der Waals surface area (Å²) < 4.78 is 0. The average Bonchev–Trinajstić information content (AvgIpc) is 2.74. The smallest absolute Gasteiger partial charge is 0.0579 e. The highest BCUT2D eigenvalue weighted by Gasteiger charge is 2.48. The second kappa shape index (κ2) is 4.52. The van der Waals surface area contributed by atoms with Gasteiger partial charge in [-0.2, -0.15) is 0 Å². The molecule has 1 heteroatoms. The second-order valence-corrected chi connectivity index (χ2v) is 6.54. The molecule has 0 heterocycles. The van der Waals surface area contributed by atoms with Crippen molar-refractivity contribution < 1.29 is 5.11 Å². The molecule has 2 bridgehead atoms. The van der Waals surface area contributed by atoms with Crippen LogP contribution in [0.4, 0.5) is 0 Å². The maximum Gasteiger partial charge on any atom is 0.0579 e. The van der Waals surface area contributed by atoms with Crippen molar-refractivity contribution in [3.8, 4) is 0 Å². The van der Waals surface area contributed by atoms with Crippen LogP contribution in [0.15, 0.2) is 12.2 Å². The fourth-order valence-electron chi connectivity index (χ4n) is 4.02. The van der Waals surface area contributed by atoms with E-state index in [0.717, 1.165) is 12.3 Å². The van der Waals surface area contributed by atoms with Crippen molar-refractivity contribution in [1.82, 2.24) is 0 Å². The molecule has 0 unspecified atom stereocenters. The van der Waals surface area contributed by atoms with Crippen molar-refractivity contribution in [1.29, 1.82) is 0 Å². The number of hydrogen-bond donors (Lipinski definition) is 1. The Morgan fingerprint density at radius 2 is 1.62 bits per heavy atom. The molecule has 0 spiro atoms. The van der Waals surface area contributed by atoms with Gasteiger partial charge >= 0.3 is 0 Å². The first-order chi connectivity index (χ1) is 7.50. The van der Waals surface area contributed by atoms with Crippen molar-refractivity contribution in [2.75, 3.05) is 0 Å². The summed E-state index contributed by atoms with van der Waals surface area (Å²) in [4.78, 5) is 0. The van der Waals surface area contributed by atoms with Gasteiger partial charge in [0.05, 0.1) is 6.10 Å². The molecule has 2 rings (SSSR count). The van der Waals surface area contributed by atoms with Crippen LogP contribution in [0.1, 0.15) is 40.5 Å². The quantitative estimate of drug-likeness (QED) is 0.722. The Kier molecular flexibility index (Phi) is 3.44. The van der Waals surface area contributed by atoms with Crippen LogP contribution < -0.4 is 0 Å². The molecule has 0 radical (unpaired) electrons. The van der Waals surface area contributed by atoms with Crippen molar-refractivity contribution in [3.63, 3.8) is 0 Å². The monoisotopic (exact) mass is 222 g/mol. The molecule has 5 atom stereocenters. The minimum absolute atomic E-state index is 0.0904. The Balaban J connectivity index is 2.10. The Hall–Kier alpha value is -0.300. The number of aliphatic hydroxyl groups excluding tert-OH is 1. The summed E-state index contributed by atoms with van der Waals surface area (Å²) in [6.45, 7) is 9.04. The molecule has 0 aromatic heterocycles. The van der Waals surface area contributed by atoms with Crippen LogP contribution in [0.25, 0.3) is 0 Å². The molecule has 0 saturated heterocycles. The molecule has 92 valence electrons. The lowest BCUT2D eigenvalue weighted by Gasteiger charge is -2.35. The Labute approximate surface area is 99.9 Å². The van der Waals surface area contributed by atoms with Gasteiger partial charge in [0.1, 0.15) is 0 Å². The molecular weight excluding hydrogens is 196 g/mol. The van der Waals surface area contributed by atoms with Crippen molar-refractivity contribution in [3.05, 3.63) is 12.2 Å². The van der Waals surface area contributed by atoms with Gasteiger partial charge in [-0.25, -0.2) is 0 Å². The minimum Gasteiger partial charge on any atom is -0.393 e. The number of rotatable bonds is 4. The van der Waals surface area contributed by atoms with Crippen molar-refractivity contribution in [2.24, 2.45) is 35.5 Å². The molecule has 1 saturated carbocycles. The first-order valence-corrected chi connectivity index (χ1v) is 6.87. The Morgan fingerprint density at radius 3 is 2.12 bits per heavy atom. The number of fused-ring (bicyclic) bond motifs is 2. The molecule has 0 aliphatic heterocycles. The zero-order valence-corrected chi connectivity index (χ0v) is 11.1. The highest BCUT2D eigenvalue weighted by molar-refractivity contribution is 5.15. The van der Waals surface area contributed by atoms with Gasteiger partial charge in [-0.15, -0.1) is 0 Å². The topological polar surface area (TPSA) is 20.2 Å². The number of allylic oxidation sites excluding steroid dienone is 2. The zero-order valence-electron chi connectivity index (χ0n) is 11.1. The van der Waals surface area contributed by atoms with Crippen LogP contribution in [-0.4, -0.2) is 11.2 Å². The fraction of sp³-hybridized carbons (Fsp3) is 0.867. The summed E-state index contributed by atoms with van der Waals surface area (Å²) in [6.07, 6.45) is 6.92. The van der Waals surface area contributed by atoms with Gasteiger partial charge in [0, 0.05) is 0 Å². The molecule has 1 nitrogen and oxygen atoms in total. The lowest BCUT2D eigenvalue weighted by Crippen LogP contribution is -2.34. The normalized spacial score (nSPS) is 38.9. The van der Waals surface area contributed by atoms with E-state index in [1.165, 1.54) is 6.42 Å². The molecule has 0 amide bonds. The van der Waals surface area contributed by atoms with Crippen LogP contribution >= 0.6 is 0 Å². The number of aliphatic hydroxyl groups is 1. The Morgan fingerprint density at radius 1 is 1.06 bits per heavy atom.